The maximum atomic E-state index is 12.0. The van der Waals surface area contributed by atoms with E-state index in [0.29, 0.717) is 25.1 Å². The molecule has 0 amide bonds. The highest BCUT2D eigenvalue weighted by atomic mass is 19.4. The average Bonchev–Trinajstić information content (AvgIpc) is 2.64. The van der Waals surface area contributed by atoms with E-state index < -0.39 is 12.0 Å². The van der Waals surface area contributed by atoms with Crippen LogP contribution in [0.15, 0.2) is 24.3 Å². The lowest BCUT2D eigenvalue weighted by molar-refractivity contribution is -0.274. The quantitative estimate of drug-likeness (QED) is 0.836. The van der Waals surface area contributed by atoms with Crippen LogP contribution in [0.1, 0.15) is 12.0 Å². The van der Waals surface area contributed by atoms with Crippen molar-refractivity contribution in [1.29, 1.82) is 0 Å². The fourth-order valence-electron chi connectivity index (χ4n) is 1.91. The summed E-state index contributed by atoms with van der Waals surface area (Å²) in [5, 5.41) is 13.2. The van der Waals surface area contributed by atoms with E-state index in [1.165, 1.54) is 18.2 Å². The molecule has 3 nitrogen and oxygen atoms in total. The van der Waals surface area contributed by atoms with Crippen molar-refractivity contribution in [2.75, 3.05) is 13.1 Å². The molecule has 1 atom stereocenters. The first-order chi connectivity index (χ1) is 7.89. The molecule has 1 unspecified atom stereocenters. The van der Waals surface area contributed by atoms with Crippen molar-refractivity contribution in [2.45, 2.75) is 18.4 Å². The van der Waals surface area contributed by atoms with Crippen LogP contribution in [0.5, 0.6) is 5.75 Å². The second kappa shape index (κ2) is 4.19. The fraction of sp³-hybridized carbons (Fsp3) is 0.455. The van der Waals surface area contributed by atoms with E-state index in [0.717, 1.165) is 0 Å². The molecule has 1 aliphatic heterocycles. The van der Waals surface area contributed by atoms with Gasteiger partial charge in [-0.05, 0) is 30.7 Å². The predicted molar refractivity (Wildman–Crippen MR) is 54.5 cm³/mol. The summed E-state index contributed by atoms with van der Waals surface area (Å²) in [6.07, 6.45) is -4.24. The second-order valence-electron chi connectivity index (χ2n) is 4.03. The molecule has 1 aliphatic rings. The van der Waals surface area contributed by atoms with Gasteiger partial charge in [0.1, 0.15) is 11.4 Å². The number of halogens is 3. The summed E-state index contributed by atoms with van der Waals surface area (Å²) in [7, 11) is 0. The van der Waals surface area contributed by atoms with Crippen molar-refractivity contribution in [2.24, 2.45) is 0 Å². The molecule has 17 heavy (non-hydrogen) atoms. The van der Waals surface area contributed by atoms with Crippen LogP contribution in [0.2, 0.25) is 0 Å². The lowest BCUT2D eigenvalue weighted by Gasteiger charge is -2.22. The first-order valence-electron chi connectivity index (χ1n) is 5.18. The average molecular weight is 247 g/mol. The summed E-state index contributed by atoms with van der Waals surface area (Å²) in [5.74, 6) is -0.310. The Bertz CT molecular complexity index is 400. The number of benzene rings is 1. The topological polar surface area (TPSA) is 41.5 Å². The van der Waals surface area contributed by atoms with Gasteiger partial charge in [-0.2, -0.15) is 0 Å². The number of rotatable bonds is 2. The second-order valence-corrected chi connectivity index (χ2v) is 4.03. The molecule has 94 valence electrons. The zero-order valence-corrected chi connectivity index (χ0v) is 8.92. The Kier molecular flexibility index (Phi) is 3.01. The summed E-state index contributed by atoms with van der Waals surface area (Å²) in [5.41, 5.74) is -0.672. The van der Waals surface area contributed by atoms with Gasteiger partial charge in [0.2, 0.25) is 0 Å². The van der Waals surface area contributed by atoms with Crippen LogP contribution in [-0.4, -0.2) is 24.6 Å². The van der Waals surface area contributed by atoms with Crippen molar-refractivity contribution in [3.8, 4) is 5.75 Å². The lowest BCUT2D eigenvalue weighted by Crippen LogP contribution is -2.28. The van der Waals surface area contributed by atoms with Crippen molar-refractivity contribution < 1.29 is 23.0 Å². The zero-order chi connectivity index (χ0) is 12.5. The van der Waals surface area contributed by atoms with E-state index in [1.807, 2.05) is 0 Å². The molecule has 0 bridgehead atoms. The van der Waals surface area contributed by atoms with Gasteiger partial charge in [-0.3, -0.25) is 0 Å². The molecule has 0 aliphatic carbocycles. The Hall–Kier alpha value is -1.27. The predicted octanol–water partition coefficient (Wildman–Crippen LogP) is 1.77. The van der Waals surface area contributed by atoms with E-state index in [1.54, 1.807) is 6.07 Å². The first kappa shape index (κ1) is 12.2. The molecular weight excluding hydrogens is 235 g/mol. The van der Waals surface area contributed by atoms with Crippen LogP contribution < -0.4 is 10.1 Å². The highest BCUT2D eigenvalue weighted by Gasteiger charge is 2.35. The van der Waals surface area contributed by atoms with Gasteiger partial charge in [0.15, 0.2) is 0 Å². The SMILES string of the molecule is OC1(c2cccc(OC(F)(F)F)c2)CCNC1. The van der Waals surface area contributed by atoms with Crippen molar-refractivity contribution in [1.82, 2.24) is 5.32 Å². The van der Waals surface area contributed by atoms with E-state index in [4.69, 9.17) is 0 Å². The monoisotopic (exact) mass is 247 g/mol. The van der Waals surface area contributed by atoms with E-state index in [-0.39, 0.29) is 5.75 Å². The van der Waals surface area contributed by atoms with E-state index in [9.17, 15) is 18.3 Å². The Labute approximate surface area is 96.2 Å². The minimum absolute atomic E-state index is 0.310. The molecule has 0 aromatic heterocycles. The van der Waals surface area contributed by atoms with Crippen LogP contribution in [0.25, 0.3) is 0 Å². The third-order valence-corrected chi connectivity index (χ3v) is 2.74. The van der Waals surface area contributed by atoms with Crippen LogP contribution in [0, 0.1) is 0 Å². The maximum Gasteiger partial charge on any atom is 0.573 e. The molecule has 1 heterocycles. The smallest absolute Gasteiger partial charge is 0.406 e. The fourth-order valence-corrected chi connectivity index (χ4v) is 1.91. The number of aliphatic hydroxyl groups is 1. The molecular formula is C11H12F3NO2. The van der Waals surface area contributed by atoms with Crippen LogP contribution in [-0.2, 0) is 5.60 Å². The standard InChI is InChI=1S/C11H12F3NO2/c12-11(13,14)17-9-3-1-2-8(6-9)10(16)4-5-15-7-10/h1-3,6,15-16H,4-5,7H2. The Morgan fingerprint density at radius 1 is 1.35 bits per heavy atom. The summed E-state index contributed by atoms with van der Waals surface area (Å²) in [6.45, 7) is 0.976. The van der Waals surface area contributed by atoms with Crippen molar-refractivity contribution in [3.63, 3.8) is 0 Å². The molecule has 0 spiro atoms. The highest BCUT2D eigenvalue weighted by molar-refractivity contribution is 5.33. The molecule has 0 saturated carbocycles. The molecule has 0 radical (unpaired) electrons. The number of ether oxygens (including phenoxy) is 1. The minimum atomic E-state index is -4.71. The van der Waals surface area contributed by atoms with Crippen LogP contribution in [0.3, 0.4) is 0 Å². The number of nitrogens with one attached hydrogen (secondary N) is 1. The van der Waals surface area contributed by atoms with Gasteiger partial charge in [0.05, 0.1) is 0 Å². The number of hydrogen-bond acceptors (Lipinski definition) is 3. The summed E-state index contributed by atoms with van der Waals surface area (Å²) in [4.78, 5) is 0. The molecule has 1 fully saturated rings. The van der Waals surface area contributed by atoms with Gasteiger partial charge in [0, 0.05) is 6.54 Å². The Morgan fingerprint density at radius 3 is 2.71 bits per heavy atom. The highest BCUT2D eigenvalue weighted by Crippen LogP contribution is 2.31. The van der Waals surface area contributed by atoms with E-state index in [2.05, 4.69) is 10.1 Å². The largest absolute Gasteiger partial charge is 0.573 e. The summed E-state index contributed by atoms with van der Waals surface area (Å²) in [6, 6.07) is 5.46. The molecule has 1 aromatic carbocycles. The third-order valence-electron chi connectivity index (χ3n) is 2.74. The van der Waals surface area contributed by atoms with Gasteiger partial charge in [-0.1, -0.05) is 12.1 Å². The summed E-state index contributed by atoms with van der Waals surface area (Å²) < 4.78 is 40.0. The Balaban J connectivity index is 2.22. The van der Waals surface area contributed by atoms with Crippen LogP contribution in [0.4, 0.5) is 13.2 Å². The van der Waals surface area contributed by atoms with Gasteiger partial charge in [-0.15, -0.1) is 13.2 Å². The summed E-state index contributed by atoms with van der Waals surface area (Å²) >= 11 is 0. The molecule has 2 rings (SSSR count). The molecule has 2 N–H and O–H groups in total. The number of hydrogen-bond donors (Lipinski definition) is 2. The third kappa shape index (κ3) is 2.89. The van der Waals surface area contributed by atoms with Gasteiger partial charge in [0.25, 0.3) is 0 Å². The van der Waals surface area contributed by atoms with Gasteiger partial charge in [-0.25, -0.2) is 0 Å². The normalized spacial score (nSPS) is 24.9. The minimum Gasteiger partial charge on any atom is -0.406 e. The van der Waals surface area contributed by atoms with Crippen molar-refractivity contribution >= 4 is 0 Å². The molecule has 6 heteroatoms. The van der Waals surface area contributed by atoms with Gasteiger partial charge >= 0.3 is 6.36 Å². The first-order valence-corrected chi connectivity index (χ1v) is 5.18. The molecule has 1 aromatic rings. The zero-order valence-electron chi connectivity index (χ0n) is 8.92. The Morgan fingerprint density at radius 2 is 2.12 bits per heavy atom. The maximum absolute atomic E-state index is 12.0. The van der Waals surface area contributed by atoms with Crippen molar-refractivity contribution in [3.05, 3.63) is 29.8 Å². The number of alkyl halides is 3. The van der Waals surface area contributed by atoms with Gasteiger partial charge < -0.3 is 15.2 Å². The lowest BCUT2D eigenvalue weighted by atomic mass is 9.93. The molecule has 1 saturated heterocycles. The number of β-amino-alcohol motifs (C(OH)–C–C–N with tert-alkyl or cyclic N) is 1. The van der Waals surface area contributed by atoms with E-state index >= 15 is 0 Å². The van der Waals surface area contributed by atoms with Crippen LogP contribution >= 0.6 is 0 Å².